The Balaban J connectivity index is 1.79. The summed E-state index contributed by atoms with van der Waals surface area (Å²) in [5.74, 6) is -0.249. The van der Waals surface area contributed by atoms with Crippen molar-refractivity contribution in [2.45, 2.75) is 11.4 Å². The summed E-state index contributed by atoms with van der Waals surface area (Å²) >= 11 is 0. The van der Waals surface area contributed by atoms with Gasteiger partial charge in [0, 0.05) is 17.7 Å². The predicted molar refractivity (Wildman–Crippen MR) is 117 cm³/mol. The second-order valence-corrected chi connectivity index (χ2v) is 8.46. The second-order valence-electron chi connectivity index (χ2n) is 6.57. The lowest BCUT2D eigenvalue weighted by Crippen LogP contribution is -2.23. The van der Waals surface area contributed by atoms with Crippen LogP contribution in [0.1, 0.15) is 21.5 Å². The van der Waals surface area contributed by atoms with Gasteiger partial charge in [-0.3, -0.25) is 10.2 Å². The highest BCUT2D eigenvalue weighted by molar-refractivity contribution is 7.89. The number of rotatable bonds is 7. The smallest absolute Gasteiger partial charge is 0.252 e. The van der Waals surface area contributed by atoms with Crippen LogP contribution in [0, 0.1) is 5.41 Å². The van der Waals surface area contributed by atoms with E-state index in [2.05, 4.69) is 10.0 Å². The van der Waals surface area contributed by atoms with Gasteiger partial charge in [0.15, 0.2) is 0 Å². The van der Waals surface area contributed by atoms with Gasteiger partial charge in [-0.05, 0) is 41.9 Å². The van der Waals surface area contributed by atoms with E-state index in [0.29, 0.717) is 23.2 Å². The van der Waals surface area contributed by atoms with Crippen molar-refractivity contribution in [1.82, 2.24) is 10.0 Å². The number of carbonyl (C=O) groups is 1. The Bertz CT molecular complexity index is 1170. The molecule has 30 heavy (non-hydrogen) atoms. The summed E-state index contributed by atoms with van der Waals surface area (Å²) in [4.78, 5) is 12.9. The van der Waals surface area contributed by atoms with E-state index in [1.165, 1.54) is 19.2 Å². The largest absolute Gasteiger partial charge is 0.384 e. The molecule has 3 aromatic carbocycles. The Hall–Kier alpha value is -3.49. The Morgan fingerprint density at radius 3 is 2.20 bits per heavy atom. The molecule has 0 aromatic heterocycles. The molecule has 0 heterocycles. The summed E-state index contributed by atoms with van der Waals surface area (Å²) in [6.07, 6.45) is 0. The van der Waals surface area contributed by atoms with Gasteiger partial charge in [0.05, 0.1) is 4.90 Å². The molecular weight excluding hydrogens is 400 g/mol. The van der Waals surface area contributed by atoms with Crippen molar-refractivity contribution in [3.8, 4) is 11.1 Å². The molecule has 5 N–H and O–H groups in total. The molecule has 0 aliphatic rings. The fraction of sp³-hybridized carbons (Fsp3) is 0.0909. The van der Waals surface area contributed by atoms with E-state index in [0.717, 1.165) is 11.1 Å². The lowest BCUT2D eigenvalue weighted by molar-refractivity contribution is 0.0951. The second kappa shape index (κ2) is 8.89. The van der Waals surface area contributed by atoms with E-state index in [1.54, 1.807) is 36.4 Å². The van der Waals surface area contributed by atoms with Gasteiger partial charge in [0.2, 0.25) is 10.0 Å². The van der Waals surface area contributed by atoms with Crippen LogP contribution in [0.2, 0.25) is 0 Å². The number of hydrogen-bond acceptors (Lipinski definition) is 4. The first kappa shape index (κ1) is 21.2. The fourth-order valence-electron chi connectivity index (χ4n) is 2.94. The van der Waals surface area contributed by atoms with Gasteiger partial charge in [-0.25, -0.2) is 13.1 Å². The van der Waals surface area contributed by atoms with Gasteiger partial charge in [0.25, 0.3) is 5.91 Å². The number of amides is 1. The first-order valence-corrected chi connectivity index (χ1v) is 10.6. The van der Waals surface area contributed by atoms with Crippen molar-refractivity contribution in [1.29, 1.82) is 5.41 Å². The molecule has 0 atom stereocenters. The van der Waals surface area contributed by atoms with Crippen LogP contribution in [0.5, 0.6) is 0 Å². The minimum absolute atomic E-state index is 0.00644. The van der Waals surface area contributed by atoms with Gasteiger partial charge < -0.3 is 11.1 Å². The lowest BCUT2D eigenvalue weighted by Gasteiger charge is -2.11. The van der Waals surface area contributed by atoms with Crippen LogP contribution in [0.4, 0.5) is 0 Å². The third-order valence-electron chi connectivity index (χ3n) is 4.63. The van der Waals surface area contributed by atoms with Gasteiger partial charge in [-0.1, -0.05) is 54.6 Å². The molecule has 3 rings (SSSR count). The molecule has 0 unspecified atom stereocenters. The first-order valence-electron chi connectivity index (χ1n) is 9.16. The Kier molecular flexibility index (Phi) is 6.29. The summed E-state index contributed by atoms with van der Waals surface area (Å²) < 4.78 is 26.1. The van der Waals surface area contributed by atoms with E-state index < -0.39 is 10.0 Å². The van der Waals surface area contributed by atoms with Gasteiger partial charge in [0.1, 0.15) is 5.84 Å². The molecule has 0 spiro atoms. The maximum Gasteiger partial charge on any atom is 0.252 e. The number of nitrogens with two attached hydrogens (primary N) is 1. The van der Waals surface area contributed by atoms with Crippen LogP contribution < -0.4 is 15.8 Å². The quantitative estimate of drug-likeness (QED) is 0.345. The van der Waals surface area contributed by atoms with Crippen LogP contribution in [0.25, 0.3) is 11.1 Å². The first-order chi connectivity index (χ1) is 14.3. The maximum absolute atomic E-state index is 12.8. The summed E-state index contributed by atoms with van der Waals surface area (Å²) in [6, 6.07) is 20.6. The number of hydrogen-bond donors (Lipinski definition) is 4. The minimum Gasteiger partial charge on any atom is -0.384 e. The number of nitrogens with one attached hydrogen (secondary N) is 3. The van der Waals surface area contributed by atoms with Crippen molar-refractivity contribution < 1.29 is 13.2 Å². The van der Waals surface area contributed by atoms with Crippen LogP contribution in [-0.2, 0) is 16.6 Å². The molecular formula is C22H22N4O3S. The molecule has 0 radical (unpaired) electrons. The van der Waals surface area contributed by atoms with E-state index in [1.807, 2.05) is 24.3 Å². The summed E-state index contributed by atoms with van der Waals surface area (Å²) in [5.41, 5.74) is 8.89. The van der Waals surface area contributed by atoms with Crippen LogP contribution in [-0.4, -0.2) is 27.2 Å². The van der Waals surface area contributed by atoms with Crippen molar-refractivity contribution in [3.05, 3.63) is 89.5 Å². The zero-order chi connectivity index (χ0) is 21.7. The third-order valence-corrected chi connectivity index (χ3v) is 6.06. The van der Waals surface area contributed by atoms with E-state index in [9.17, 15) is 13.2 Å². The van der Waals surface area contributed by atoms with E-state index in [-0.39, 0.29) is 16.6 Å². The molecule has 1 amide bonds. The fourth-order valence-corrected chi connectivity index (χ4v) is 3.67. The molecule has 7 nitrogen and oxygen atoms in total. The number of sulfonamides is 1. The molecule has 0 aliphatic heterocycles. The zero-order valence-electron chi connectivity index (χ0n) is 16.3. The summed E-state index contributed by atoms with van der Waals surface area (Å²) in [6.45, 7) is 0.324. The standard InChI is InChI=1S/C22H22N4O3S/c1-25-30(28,29)18-12-10-16(11-13-18)19-4-2-3-5-20(19)22(27)26-14-15-6-8-17(9-7-15)21(23)24/h2-13,25H,14H2,1H3,(H3,23,24)(H,26,27). The Morgan fingerprint density at radius 2 is 1.60 bits per heavy atom. The number of benzene rings is 3. The van der Waals surface area contributed by atoms with Crippen LogP contribution >= 0.6 is 0 Å². The molecule has 0 bridgehead atoms. The monoisotopic (exact) mass is 422 g/mol. The molecule has 0 fully saturated rings. The zero-order valence-corrected chi connectivity index (χ0v) is 17.2. The molecule has 154 valence electrons. The number of carbonyl (C=O) groups excluding carboxylic acids is 1. The van der Waals surface area contributed by atoms with Gasteiger partial charge in [-0.15, -0.1) is 0 Å². The number of nitrogen functional groups attached to an aromatic ring is 1. The molecule has 0 saturated carbocycles. The molecule has 3 aromatic rings. The van der Waals surface area contributed by atoms with Crippen LogP contribution in [0.15, 0.2) is 77.7 Å². The van der Waals surface area contributed by atoms with E-state index in [4.69, 9.17) is 11.1 Å². The summed E-state index contributed by atoms with van der Waals surface area (Å²) in [5, 5.41) is 10.3. The lowest BCUT2D eigenvalue weighted by atomic mass is 9.99. The van der Waals surface area contributed by atoms with E-state index >= 15 is 0 Å². The topological polar surface area (TPSA) is 125 Å². The average Bonchev–Trinajstić information content (AvgIpc) is 2.77. The van der Waals surface area contributed by atoms with Crippen molar-refractivity contribution in [2.24, 2.45) is 5.73 Å². The predicted octanol–water partition coefficient (Wildman–Crippen LogP) is 2.48. The van der Waals surface area contributed by atoms with Crippen LogP contribution in [0.3, 0.4) is 0 Å². The highest BCUT2D eigenvalue weighted by atomic mass is 32.2. The normalized spacial score (nSPS) is 11.1. The maximum atomic E-state index is 12.8. The molecule has 8 heteroatoms. The van der Waals surface area contributed by atoms with Crippen molar-refractivity contribution in [3.63, 3.8) is 0 Å². The Morgan fingerprint density at radius 1 is 0.967 bits per heavy atom. The van der Waals surface area contributed by atoms with Crippen molar-refractivity contribution >= 4 is 21.8 Å². The number of amidine groups is 1. The Labute approximate surface area is 175 Å². The third kappa shape index (κ3) is 4.73. The summed E-state index contributed by atoms with van der Waals surface area (Å²) in [7, 11) is -2.16. The van der Waals surface area contributed by atoms with Gasteiger partial charge >= 0.3 is 0 Å². The van der Waals surface area contributed by atoms with Gasteiger partial charge in [-0.2, -0.15) is 0 Å². The average molecular weight is 423 g/mol. The molecule has 0 aliphatic carbocycles. The molecule has 0 saturated heterocycles. The minimum atomic E-state index is -3.52. The van der Waals surface area contributed by atoms with Crippen molar-refractivity contribution in [2.75, 3.05) is 7.05 Å². The highest BCUT2D eigenvalue weighted by Crippen LogP contribution is 2.25. The SMILES string of the molecule is CNS(=O)(=O)c1ccc(-c2ccccc2C(=O)NCc2ccc(C(=N)N)cc2)cc1. The highest BCUT2D eigenvalue weighted by Gasteiger charge is 2.15.